The first kappa shape index (κ1) is 11.7. The van der Waals surface area contributed by atoms with Crippen LogP contribution in [0.2, 0.25) is 5.22 Å². The van der Waals surface area contributed by atoms with Crippen LogP contribution < -0.4 is 0 Å². The Morgan fingerprint density at radius 1 is 1.19 bits per heavy atom. The van der Waals surface area contributed by atoms with E-state index >= 15 is 0 Å². The molecular formula is C13H12BrClO. The lowest BCUT2D eigenvalue weighted by molar-refractivity contribution is 0.521. The van der Waals surface area contributed by atoms with Crippen molar-refractivity contribution < 1.29 is 4.42 Å². The lowest BCUT2D eigenvalue weighted by atomic mass is 10.0. The minimum absolute atomic E-state index is 0.0555. The maximum Gasteiger partial charge on any atom is 0.193 e. The number of benzene rings is 1. The summed E-state index contributed by atoms with van der Waals surface area (Å²) in [6, 6.07) is 10.0. The third-order valence-corrected chi connectivity index (χ3v) is 3.70. The van der Waals surface area contributed by atoms with E-state index in [0.29, 0.717) is 5.22 Å². The number of alkyl halides is 1. The number of furan rings is 1. The number of halogens is 2. The van der Waals surface area contributed by atoms with Crippen LogP contribution in [0, 0.1) is 13.8 Å². The third kappa shape index (κ3) is 2.33. The highest BCUT2D eigenvalue weighted by Crippen LogP contribution is 2.35. The zero-order valence-corrected chi connectivity index (χ0v) is 11.5. The first-order valence-corrected chi connectivity index (χ1v) is 6.34. The Balaban J connectivity index is 2.40. The van der Waals surface area contributed by atoms with E-state index in [0.717, 1.165) is 5.76 Å². The second-order valence-electron chi connectivity index (χ2n) is 3.86. The molecule has 0 radical (unpaired) electrons. The van der Waals surface area contributed by atoms with E-state index in [2.05, 4.69) is 48.0 Å². The normalized spacial score (nSPS) is 12.8. The summed E-state index contributed by atoms with van der Waals surface area (Å²) in [4.78, 5) is 0.0555. The van der Waals surface area contributed by atoms with Crippen LogP contribution in [-0.2, 0) is 0 Å². The van der Waals surface area contributed by atoms with Crippen LogP contribution in [0.3, 0.4) is 0 Å². The van der Waals surface area contributed by atoms with Gasteiger partial charge in [0.05, 0.1) is 4.83 Å². The summed E-state index contributed by atoms with van der Waals surface area (Å²) in [7, 11) is 0. The molecule has 0 aliphatic carbocycles. The van der Waals surface area contributed by atoms with Gasteiger partial charge in [-0.1, -0.05) is 39.7 Å². The molecule has 1 nitrogen and oxygen atoms in total. The molecule has 0 amide bonds. The summed E-state index contributed by atoms with van der Waals surface area (Å²) >= 11 is 9.42. The average molecular weight is 300 g/mol. The summed E-state index contributed by atoms with van der Waals surface area (Å²) < 4.78 is 5.41. The standard InChI is InChI=1S/C13H12BrClO/c1-8-3-4-9(2)10(7-8)13(14)11-5-6-12(15)16-11/h3-7,13H,1-2H3. The molecule has 3 heteroatoms. The molecule has 2 aromatic rings. The molecule has 1 heterocycles. The van der Waals surface area contributed by atoms with Gasteiger partial charge in [0.1, 0.15) is 5.76 Å². The summed E-state index contributed by atoms with van der Waals surface area (Å²) in [5, 5.41) is 0.421. The highest BCUT2D eigenvalue weighted by Gasteiger charge is 2.16. The monoisotopic (exact) mass is 298 g/mol. The van der Waals surface area contributed by atoms with Crippen molar-refractivity contribution >= 4 is 27.5 Å². The maximum absolute atomic E-state index is 5.78. The van der Waals surface area contributed by atoms with Crippen LogP contribution in [0.5, 0.6) is 0 Å². The predicted octanol–water partition coefficient (Wildman–Crippen LogP) is 5.03. The van der Waals surface area contributed by atoms with Gasteiger partial charge in [0.25, 0.3) is 0 Å². The topological polar surface area (TPSA) is 13.1 Å². The number of rotatable bonds is 2. The fourth-order valence-electron chi connectivity index (χ4n) is 1.65. The zero-order valence-electron chi connectivity index (χ0n) is 9.13. The molecule has 0 spiro atoms. The lowest BCUT2D eigenvalue weighted by Crippen LogP contribution is -1.95. The Labute approximate surface area is 109 Å². The molecule has 0 saturated heterocycles. The molecule has 1 atom stereocenters. The van der Waals surface area contributed by atoms with Gasteiger partial charge in [0.15, 0.2) is 5.22 Å². The molecule has 1 aromatic carbocycles. The summed E-state index contributed by atoms with van der Waals surface area (Å²) in [6.45, 7) is 4.17. The Morgan fingerprint density at radius 3 is 2.56 bits per heavy atom. The molecule has 0 aliphatic heterocycles. The minimum atomic E-state index is 0.0555. The van der Waals surface area contributed by atoms with Crippen LogP contribution in [0.4, 0.5) is 0 Å². The summed E-state index contributed by atoms with van der Waals surface area (Å²) in [5.74, 6) is 0.832. The molecule has 1 aromatic heterocycles. The Morgan fingerprint density at radius 2 is 1.94 bits per heavy atom. The van der Waals surface area contributed by atoms with Crippen LogP contribution >= 0.6 is 27.5 Å². The van der Waals surface area contributed by atoms with Crippen molar-refractivity contribution in [1.29, 1.82) is 0 Å². The van der Waals surface area contributed by atoms with E-state index in [9.17, 15) is 0 Å². The van der Waals surface area contributed by atoms with Crippen molar-refractivity contribution in [2.45, 2.75) is 18.7 Å². The van der Waals surface area contributed by atoms with Crippen molar-refractivity contribution in [2.75, 3.05) is 0 Å². The van der Waals surface area contributed by atoms with Gasteiger partial charge < -0.3 is 4.42 Å². The Hall–Kier alpha value is -0.730. The van der Waals surface area contributed by atoms with Crippen molar-refractivity contribution in [3.8, 4) is 0 Å². The number of hydrogen-bond acceptors (Lipinski definition) is 1. The van der Waals surface area contributed by atoms with Gasteiger partial charge in [-0.25, -0.2) is 0 Å². The van der Waals surface area contributed by atoms with Gasteiger partial charge in [-0.15, -0.1) is 0 Å². The molecule has 0 N–H and O–H groups in total. The largest absolute Gasteiger partial charge is 0.448 e. The van der Waals surface area contributed by atoms with Crippen molar-refractivity contribution in [2.24, 2.45) is 0 Å². The lowest BCUT2D eigenvalue weighted by Gasteiger charge is -2.11. The molecule has 2 rings (SSSR count). The molecule has 16 heavy (non-hydrogen) atoms. The average Bonchev–Trinajstić information content (AvgIpc) is 2.67. The van der Waals surface area contributed by atoms with E-state index < -0.39 is 0 Å². The smallest absolute Gasteiger partial charge is 0.193 e. The van der Waals surface area contributed by atoms with Gasteiger partial charge in [0, 0.05) is 0 Å². The minimum Gasteiger partial charge on any atom is -0.448 e. The quantitative estimate of drug-likeness (QED) is 0.709. The second-order valence-corrected chi connectivity index (χ2v) is 5.15. The fourth-order valence-corrected chi connectivity index (χ4v) is 2.54. The van der Waals surface area contributed by atoms with Crippen molar-refractivity contribution in [3.05, 3.63) is 58.0 Å². The van der Waals surface area contributed by atoms with E-state index in [1.807, 2.05) is 6.07 Å². The van der Waals surface area contributed by atoms with Crippen LogP contribution in [-0.4, -0.2) is 0 Å². The van der Waals surface area contributed by atoms with E-state index in [1.165, 1.54) is 16.7 Å². The van der Waals surface area contributed by atoms with Gasteiger partial charge >= 0.3 is 0 Å². The molecule has 84 valence electrons. The van der Waals surface area contributed by atoms with Gasteiger partial charge in [0.2, 0.25) is 0 Å². The third-order valence-electron chi connectivity index (χ3n) is 2.55. The van der Waals surface area contributed by atoms with E-state index in [4.69, 9.17) is 16.0 Å². The fraction of sp³-hybridized carbons (Fsp3) is 0.231. The molecule has 0 bridgehead atoms. The molecule has 0 saturated carbocycles. The van der Waals surface area contributed by atoms with Crippen LogP contribution in [0.25, 0.3) is 0 Å². The van der Waals surface area contributed by atoms with Gasteiger partial charge in [-0.05, 0) is 48.7 Å². The molecule has 0 fully saturated rings. The maximum atomic E-state index is 5.78. The zero-order chi connectivity index (χ0) is 11.7. The van der Waals surface area contributed by atoms with Crippen LogP contribution in [0.1, 0.15) is 27.3 Å². The predicted molar refractivity (Wildman–Crippen MR) is 70.4 cm³/mol. The van der Waals surface area contributed by atoms with Crippen LogP contribution in [0.15, 0.2) is 34.7 Å². The molecular weight excluding hydrogens is 287 g/mol. The van der Waals surface area contributed by atoms with E-state index in [-0.39, 0.29) is 4.83 Å². The van der Waals surface area contributed by atoms with E-state index in [1.54, 1.807) is 6.07 Å². The summed E-state index contributed by atoms with van der Waals surface area (Å²) in [5.41, 5.74) is 3.69. The molecule has 0 aliphatic rings. The number of aryl methyl sites for hydroxylation is 2. The Bertz CT molecular complexity index is 504. The Kier molecular flexibility index (Phi) is 3.41. The summed E-state index contributed by atoms with van der Waals surface area (Å²) in [6.07, 6.45) is 0. The SMILES string of the molecule is Cc1ccc(C)c(C(Br)c2ccc(Cl)o2)c1. The first-order valence-electron chi connectivity index (χ1n) is 5.04. The molecule has 1 unspecified atom stereocenters. The van der Waals surface area contributed by atoms with Crippen molar-refractivity contribution in [1.82, 2.24) is 0 Å². The first-order chi connectivity index (χ1) is 7.58. The highest BCUT2D eigenvalue weighted by molar-refractivity contribution is 9.09. The highest BCUT2D eigenvalue weighted by atomic mass is 79.9. The number of hydrogen-bond donors (Lipinski definition) is 0. The van der Waals surface area contributed by atoms with Gasteiger partial charge in [-0.3, -0.25) is 0 Å². The van der Waals surface area contributed by atoms with Crippen molar-refractivity contribution in [3.63, 3.8) is 0 Å². The van der Waals surface area contributed by atoms with Gasteiger partial charge in [-0.2, -0.15) is 0 Å². The second kappa shape index (κ2) is 4.64.